The van der Waals surface area contributed by atoms with E-state index < -0.39 is 22.9 Å². The zero-order valence-corrected chi connectivity index (χ0v) is 8.87. The van der Waals surface area contributed by atoms with Crippen LogP contribution in [0, 0.1) is 5.82 Å². The highest BCUT2D eigenvalue weighted by molar-refractivity contribution is 6.00. The SMILES string of the molecule is NC1(C(=O)Nc2ccc(F)c(C(=O)O)c2)CC1. The average molecular weight is 238 g/mol. The van der Waals surface area contributed by atoms with Crippen LogP contribution in [0.15, 0.2) is 18.2 Å². The molecule has 90 valence electrons. The van der Waals surface area contributed by atoms with Crippen LogP contribution in [0.2, 0.25) is 0 Å². The zero-order chi connectivity index (χ0) is 12.6. The van der Waals surface area contributed by atoms with Gasteiger partial charge in [-0.1, -0.05) is 0 Å². The summed E-state index contributed by atoms with van der Waals surface area (Å²) in [5, 5.41) is 11.2. The topological polar surface area (TPSA) is 92.4 Å². The van der Waals surface area contributed by atoms with Crippen LogP contribution < -0.4 is 11.1 Å². The Morgan fingerprint density at radius 1 is 1.41 bits per heavy atom. The molecule has 1 aliphatic rings. The van der Waals surface area contributed by atoms with Gasteiger partial charge in [0.25, 0.3) is 0 Å². The predicted molar refractivity (Wildman–Crippen MR) is 58.1 cm³/mol. The molecule has 0 spiro atoms. The van der Waals surface area contributed by atoms with Crippen LogP contribution in [0.5, 0.6) is 0 Å². The Balaban J connectivity index is 2.19. The first-order chi connectivity index (χ1) is 7.92. The van der Waals surface area contributed by atoms with Gasteiger partial charge in [-0.2, -0.15) is 0 Å². The molecule has 1 aromatic rings. The summed E-state index contributed by atoms with van der Waals surface area (Å²) >= 11 is 0. The zero-order valence-electron chi connectivity index (χ0n) is 8.87. The van der Waals surface area contributed by atoms with Gasteiger partial charge in [-0.05, 0) is 31.0 Å². The maximum atomic E-state index is 13.1. The van der Waals surface area contributed by atoms with Crippen molar-refractivity contribution in [3.63, 3.8) is 0 Å². The molecular formula is C11H11FN2O3. The number of hydrogen-bond acceptors (Lipinski definition) is 3. The number of rotatable bonds is 3. The van der Waals surface area contributed by atoms with Crippen LogP contribution in [-0.4, -0.2) is 22.5 Å². The second-order valence-electron chi connectivity index (χ2n) is 4.11. The molecule has 0 saturated heterocycles. The second-order valence-corrected chi connectivity index (χ2v) is 4.11. The number of benzene rings is 1. The summed E-state index contributed by atoms with van der Waals surface area (Å²) in [5.41, 5.74) is 4.56. The average Bonchev–Trinajstić information content (AvgIpc) is 3.00. The van der Waals surface area contributed by atoms with E-state index in [1.165, 1.54) is 6.07 Å². The minimum Gasteiger partial charge on any atom is -0.478 e. The number of carboxylic acid groups (broad SMARTS) is 1. The molecule has 6 heteroatoms. The number of nitrogens with one attached hydrogen (secondary N) is 1. The van der Waals surface area contributed by atoms with Crippen molar-refractivity contribution >= 4 is 17.6 Å². The lowest BCUT2D eigenvalue weighted by Crippen LogP contribution is -2.37. The van der Waals surface area contributed by atoms with E-state index >= 15 is 0 Å². The van der Waals surface area contributed by atoms with Gasteiger partial charge < -0.3 is 16.2 Å². The first-order valence-electron chi connectivity index (χ1n) is 5.05. The summed E-state index contributed by atoms with van der Waals surface area (Å²) < 4.78 is 13.1. The Labute approximate surface area is 96.4 Å². The largest absolute Gasteiger partial charge is 0.478 e. The van der Waals surface area contributed by atoms with Gasteiger partial charge in [-0.3, -0.25) is 4.79 Å². The van der Waals surface area contributed by atoms with Crippen LogP contribution in [0.1, 0.15) is 23.2 Å². The smallest absolute Gasteiger partial charge is 0.338 e. The number of amides is 1. The van der Waals surface area contributed by atoms with E-state index in [0.29, 0.717) is 12.8 Å². The van der Waals surface area contributed by atoms with Crippen molar-refractivity contribution in [1.82, 2.24) is 0 Å². The van der Waals surface area contributed by atoms with Gasteiger partial charge in [0.2, 0.25) is 5.91 Å². The number of carboxylic acids is 1. The Kier molecular flexibility index (Phi) is 2.59. The standard InChI is InChI=1S/C11H11FN2O3/c12-8-2-1-6(5-7(8)9(15)16)14-10(17)11(13)3-4-11/h1-2,5H,3-4,13H2,(H,14,17)(H,15,16). The Morgan fingerprint density at radius 3 is 2.59 bits per heavy atom. The van der Waals surface area contributed by atoms with E-state index in [-0.39, 0.29) is 11.6 Å². The summed E-state index contributed by atoms with van der Waals surface area (Å²) in [6, 6.07) is 3.36. The number of aromatic carboxylic acids is 1. The van der Waals surface area contributed by atoms with Gasteiger partial charge in [0.15, 0.2) is 0 Å². The number of halogens is 1. The van der Waals surface area contributed by atoms with E-state index in [1.807, 2.05) is 0 Å². The second kappa shape index (κ2) is 3.81. The fraction of sp³-hybridized carbons (Fsp3) is 0.273. The van der Waals surface area contributed by atoms with Crippen molar-refractivity contribution in [3.05, 3.63) is 29.6 Å². The first-order valence-corrected chi connectivity index (χ1v) is 5.05. The van der Waals surface area contributed by atoms with E-state index in [4.69, 9.17) is 10.8 Å². The maximum absolute atomic E-state index is 13.1. The molecule has 1 fully saturated rings. The number of nitrogens with two attached hydrogens (primary N) is 1. The number of anilines is 1. The lowest BCUT2D eigenvalue weighted by Gasteiger charge is -2.10. The predicted octanol–water partition coefficient (Wildman–Crippen LogP) is 0.954. The fourth-order valence-corrected chi connectivity index (χ4v) is 1.38. The van der Waals surface area contributed by atoms with Gasteiger partial charge >= 0.3 is 5.97 Å². The van der Waals surface area contributed by atoms with Crippen LogP contribution >= 0.6 is 0 Å². The first kappa shape index (κ1) is 11.5. The molecule has 5 nitrogen and oxygen atoms in total. The van der Waals surface area contributed by atoms with E-state index in [0.717, 1.165) is 12.1 Å². The van der Waals surface area contributed by atoms with Gasteiger partial charge in [-0.15, -0.1) is 0 Å². The maximum Gasteiger partial charge on any atom is 0.338 e. The molecule has 0 bridgehead atoms. The molecule has 1 aliphatic carbocycles. The van der Waals surface area contributed by atoms with Gasteiger partial charge in [-0.25, -0.2) is 9.18 Å². The summed E-state index contributed by atoms with van der Waals surface area (Å²) in [5.74, 6) is -2.60. The minimum atomic E-state index is -1.38. The summed E-state index contributed by atoms with van der Waals surface area (Å²) in [6.45, 7) is 0. The number of carbonyl (C=O) groups excluding carboxylic acids is 1. The molecule has 17 heavy (non-hydrogen) atoms. The van der Waals surface area contributed by atoms with Crippen molar-refractivity contribution in [3.8, 4) is 0 Å². The van der Waals surface area contributed by atoms with Crippen molar-refractivity contribution in [2.75, 3.05) is 5.32 Å². The van der Waals surface area contributed by atoms with Crippen molar-refractivity contribution in [2.45, 2.75) is 18.4 Å². The molecular weight excluding hydrogens is 227 g/mol. The number of carbonyl (C=O) groups is 2. The third-order valence-electron chi connectivity index (χ3n) is 2.70. The van der Waals surface area contributed by atoms with Gasteiger partial charge in [0.05, 0.1) is 11.1 Å². The molecule has 0 aromatic heterocycles. The third kappa shape index (κ3) is 2.26. The Morgan fingerprint density at radius 2 is 2.06 bits per heavy atom. The highest BCUT2D eigenvalue weighted by atomic mass is 19.1. The van der Waals surface area contributed by atoms with E-state index in [1.54, 1.807) is 0 Å². The van der Waals surface area contributed by atoms with E-state index in [9.17, 15) is 14.0 Å². The molecule has 1 amide bonds. The van der Waals surface area contributed by atoms with Gasteiger partial charge in [0, 0.05) is 5.69 Å². The van der Waals surface area contributed by atoms with Crippen molar-refractivity contribution in [1.29, 1.82) is 0 Å². The summed E-state index contributed by atoms with van der Waals surface area (Å²) in [6.07, 6.45) is 1.21. The van der Waals surface area contributed by atoms with Crippen LogP contribution in [0.25, 0.3) is 0 Å². The Bertz CT molecular complexity index is 497. The normalized spacial score (nSPS) is 16.4. The molecule has 0 atom stereocenters. The monoisotopic (exact) mass is 238 g/mol. The lowest BCUT2D eigenvalue weighted by molar-refractivity contribution is -0.118. The van der Waals surface area contributed by atoms with Gasteiger partial charge in [0.1, 0.15) is 5.82 Å². The Hall–Kier alpha value is -1.95. The molecule has 0 aliphatic heterocycles. The highest BCUT2D eigenvalue weighted by Gasteiger charge is 2.45. The molecule has 0 heterocycles. The minimum absolute atomic E-state index is 0.227. The van der Waals surface area contributed by atoms with E-state index in [2.05, 4.69) is 5.32 Å². The van der Waals surface area contributed by atoms with Crippen molar-refractivity contribution in [2.24, 2.45) is 5.73 Å². The van der Waals surface area contributed by atoms with Crippen LogP contribution in [0.4, 0.5) is 10.1 Å². The lowest BCUT2D eigenvalue weighted by atomic mass is 10.1. The summed E-state index contributed by atoms with van der Waals surface area (Å²) in [7, 11) is 0. The number of hydrogen-bond donors (Lipinski definition) is 3. The quantitative estimate of drug-likeness (QED) is 0.731. The molecule has 1 aromatic carbocycles. The fourth-order valence-electron chi connectivity index (χ4n) is 1.38. The molecule has 0 radical (unpaired) electrons. The summed E-state index contributed by atoms with van der Waals surface area (Å²) in [4.78, 5) is 22.3. The third-order valence-corrected chi connectivity index (χ3v) is 2.70. The molecule has 1 saturated carbocycles. The highest BCUT2D eigenvalue weighted by Crippen LogP contribution is 2.33. The van der Waals surface area contributed by atoms with Crippen molar-refractivity contribution < 1.29 is 19.1 Å². The molecule has 0 unspecified atom stereocenters. The molecule has 2 rings (SSSR count). The van der Waals surface area contributed by atoms with Crippen LogP contribution in [0.3, 0.4) is 0 Å². The van der Waals surface area contributed by atoms with Crippen LogP contribution in [-0.2, 0) is 4.79 Å². The molecule has 4 N–H and O–H groups in total.